The molecular weight excluding hydrogens is 424 g/mol. The first-order valence-corrected chi connectivity index (χ1v) is 9.76. The second-order valence-corrected chi connectivity index (χ2v) is 7.18. The molecule has 0 spiro atoms. The molecule has 1 fully saturated rings. The molecule has 0 unspecified atom stereocenters. The Bertz CT molecular complexity index is 1120. The number of hydrogen-bond donors (Lipinski definition) is 4. The van der Waals surface area contributed by atoms with Crippen molar-refractivity contribution in [1.29, 1.82) is 0 Å². The van der Waals surface area contributed by atoms with Gasteiger partial charge in [0, 0.05) is 6.07 Å². The van der Waals surface area contributed by atoms with Gasteiger partial charge in [0.2, 0.25) is 17.5 Å². The van der Waals surface area contributed by atoms with Gasteiger partial charge in [-0.2, -0.15) is 0 Å². The summed E-state index contributed by atoms with van der Waals surface area (Å²) >= 11 is 0. The van der Waals surface area contributed by atoms with Gasteiger partial charge in [-0.3, -0.25) is 4.79 Å². The van der Waals surface area contributed by atoms with Gasteiger partial charge in [-0.1, -0.05) is 0 Å². The third-order valence-electron chi connectivity index (χ3n) is 5.10. The first-order chi connectivity index (χ1) is 15.4. The predicted molar refractivity (Wildman–Crippen MR) is 110 cm³/mol. The van der Waals surface area contributed by atoms with Crippen molar-refractivity contribution in [2.75, 3.05) is 13.7 Å². The van der Waals surface area contributed by atoms with Crippen molar-refractivity contribution in [3.8, 4) is 23.0 Å². The van der Waals surface area contributed by atoms with E-state index in [0.29, 0.717) is 11.5 Å². The average Bonchev–Trinajstić information content (AvgIpc) is 2.81. The van der Waals surface area contributed by atoms with Crippen LogP contribution in [-0.2, 0) is 4.74 Å². The summed E-state index contributed by atoms with van der Waals surface area (Å²) < 4.78 is 27.1. The molecule has 0 aliphatic carbocycles. The predicted octanol–water partition coefficient (Wildman–Crippen LogP) is 0.773. The van der Waals surface area contributed by atoms with Gasteiger partial charge >= 0.3 is 0 Å². The first kappa shape index (κ1) is 22.1. The van der Waals surface area contributed by atoms with Crippen LogP contribution in [0.15, 0.2) is 57.9 Å². The average molecular weight is 446 g/mol. The van der Waals surface area contributed by atoms with Gasteiger partial charge in [-0.15, -0.1) is 0 Å². The van der Waals surface area contributed by atoms with E-state index in [2.05, 4.69) is 0 Å². The summed E-state index contributed by atoms with van der Waals surface area (Å²) in [6.07, 6.45) is -5.90. The lowest BCUT2D eigenvalue weighted by Gasteiger charge is -2.39. The summed E-state index contributed by atoms with van der Waals surface area (Å²) in [7, 11) is 1.54. The second-order valence-electron chi connectivity index (χ2n) is 7.18. The fraction of sp³-hybridized carbons (Fsp3) is 0.318. The molecule has 3 aromatic rings. The summed E-state index contributed by atoms with van der Waals surface area (Å²) in [5.74, 6) is 1.24. The fourth-order valence-electron chi connectivity index (χ4n) is 3.30. The maximum absolute atomic E-state index is 12.8. The van der Waals surface area contributed by atoms with Crippen molar-refractivity contribution < 1.29 is 43.8 Å². The Kier molecular flexibility index (Phi) is 6.31. The first-order valence-electron chi connectivity index (χ1n) is 9.76. The van der Waals surface area contributed by atoms with Crippen LogP contribution < -0.4 is 19.6 Å². The van der Waals surface area contributed by atoms with E-state index >= 15 is 0 Å². The molecular formula is C22H22O10. The molecule has 1 aromatic heterocycles. The maximum Gasteiger partial charge on any atom is 0.235 e. The van der Waals surface area contributed by atoms with Gasteiger partial charge in [-0.05, 0) is 36.4 Å². The highest BCUT2D eigenvalue weighted by atomic mass is 16.7. The molecule has 0 bridgehead atoms. The minimum Gasteiger partial charge on any atom is -0.497 e. The van der Waals surface area contributed by atoms with Crippen LogP contribution in [0.5, 0.6) is 23.0 Å². The smallest absolute Gasteiger partial charge is 0.235 e. The van der Waals surface area contributed by atoms with Crippen LogP contribution in [0.25, 0.3) is 11.0 Å². The van der Waals surface area contributed by atoms with Crippen LogP contribution >= 0.6 is 0 Å². The highest BCUT2D eigenvalue weighted by molar-refractivity contribution is 5.79. The van der Waals surface area contributed by atoms with E-state index < -0.39 is 42.7 Å². The lowest BCUT2D eigenvalue weighted by Crippen LogP contribution is -2.60. The summed E-state index contributed by atoms with van der Waals surface area (Å²) in [5.41, 5.74) is -0.208. The number of ether oxygens (including phenoxy) is 4. The molecule has 2 aromatic carbocycles. The number of rotatable bonds is 6. The van der Waals surface area contributed by atoms with Gasteiger partial charge < -0.3 is 43.8 Å². The maximum atomic E-state index is 12.8. The summed E-state index contributed by atoms with van der Waals surface area (Å²) in [6.45, 7) is -0.575. The third kappa shape index (κ3) is 4.27. The monoisotopic (exact) mass is 446 g/mol. The minimum atomic E-state index is -1.57. The summed E-state index contributed by atoms with van der Waals surface area (Å²) in [6, 6.07) is 11.0. The zero-order valence-corrected chi connectivity index (χ0v) is 17.0. The Morgan fingerprint density at radius 1 is 0.938 bits per heavy atom. The number of benzene rings is 2. The molecule has 5 atom stereocenters. The molecule has 0 amide bonds. The third-order valence-corrected chi connectivity index (χ3v) is 5.10. The molecule has 10 heteroatoms. The molecule has 2 heterocycles. The highest BCUT2D eigenvalue weighted by Crippen LogP contribution is 2.28. The van der Waals surface area contributed by atoms with E-state index in [4.69, 9.17) is 23.4 Å². The van der Waals surface area contributed by atoms with Crippen molar-refractivity contribution >= 4 is 11.0 Å². The van der Waals surface area contributed by atoms with E-state index in [0.717, 1.165) is 0 Å². The number of aliphatic hydroxyl groups is 4. The normalized spacial score (nSPS) is 25.5. The van der Waals surface area contributed by atoms with Gasteiger partial charge in [0.25, 0.3) is 0 Å². The zero-order valence-electron chi connectivity index (χ0n) is 17.0. The van der Waals surface area contributed by atoms with Crippen LogP contribution in [-0.4, -0.2) is 64.8 Å². The number of aliphatic hydroxyl groups excluding tert-OH is 4. The van der Waals surface area contributed by atoms with Gasteiger partial charge in [0.05, 0.1) is 19.1 Å². The second kappa shape index (κ2) is 9.15. The topological polar surface area (TPSA) is 148 Å². The van der Waals surface area contributed by atoms with Gasteiger partial charge in [0.15, 0.2) is 0 Å². The van der Waals surface area contributed by atoms with Crippen molar-refractivity contribution in [3.63, 3.8) is 0 Å². The zero-order chi connectivity index (χ0) is 22.8. The quantitative estimate of drug-likeness (QED) is 0.428. The largest absolute Gasteiger partial charge is 0.497 e. The van der Waals surface area contributed by atoms with E-state index in [9.17, 15) is 25.2 Å². The fourth-order valence-corrected chi connectivity index (χ4v) is 3.30. The molecule has 1 aliphatic heterocycles. The standard InChI is InChI=1S/C22H22O10/c1-28-11-2-4-12(5-3-11)30-17-10-29-15-8-13(6-7-14(15)18(17)24)31-22-21(27)20(26)19(25)16(9-23)32-22/h2-8,10,16,19-23,25-27H,9H2,1H3/t16-,19-,20-,21+,22+/m1/s1. The Morgan fingerprint density at radius 3 is 2.31 bits per heavy atom. The molecule has 1 aliphatic rings. The van der Waals surface area contributed by atoms with Crippen molar-refractivity contribution in [1.82, 2.24) is 0 Å². The lowest BCUT2D eigenvalue weighted by molar-refractivity contribution is -0.277. The van der Waals surface area contributed by atoms with E-state index in [1.165, 1.54) is 24.5 Å². The Balaban J connectivity index is 1.54. The summed E-state index contributed by atoms with van der Waals surface area (Å²) in [5, 5.41) is 39.4. The van der Waals surface area contributed by atoms with Crippen molar-refractivity contribution in [2.45, 2.75) is 30.7 Å². The van der Waals surface area contributed by atoms with Crippen LogP contribution in [0.1, 0.15) is 0 Å². The van der Waals surface area contributed by atoms with Crippen LogP contribution in [0.2, 0.25) is 0 Å². The van der Waals surface area contributed by atoms with Gasteiger partial charge in [0.1, 0.15) is 53.5 Å². The van der Waals surface area contributed by atoms with E-state index in [1.54, 1.807) is 31.4 Å². The van der Waals surface area contributed by atoms with E-state index in [-0.39, 0.29) is 22.5 Å². The molecule has 0 saturated carbocycles. The van der Waals surface area contributed by atoms with Crippen molar-refractivity contribution in [2.24, 2.45) is 0 Å². The molecule has 1 saturated heterocycles. The molecule has 170 valence electrons. The molecule has 0 radical (unpaired) electrons. The van der Waals surface area contributed by atoms with Crippen LogP contribution in [0.3, 0.4) is 0 Å². The van der Waals surface area contributed by atoms with Crippen molar-refractivity contribution in [3.05, 3.63) is 59.0 Å². The molecule has 4 N–H and O–H groups in total. The highest BCUT2D eigenvalue weighted by Gasteiger charge is 2.44. The number of fused-ring (bicyclic) bond motifs is 1. The number of methoxy groups -OCH3 is 1. The minimum absolute atomic E-state index is 0.00901. The molecule has 32 heavy (non-hydrogen) atoms. The van der Waals surface area contributed by atoms with Crippen LogP contribution in [0, 0.1) is 0 Å². The lowest BCUT2D eigenvalue weighted by atomic mass is 9.99. The molecule has 4 rings (SSSR count). The summed E-state index contributed by atoms with van der Waals surface area (Å²) in [4.78, 5) is 12.8. The Hall–Kier alpha value is -3.15. The Morgan fingerprint density at radius 2 is 1.62 bits per heavy atom. The number of hydrogen-bond acceptors (Lipinski definition) is 10. The van der Waals surface area contributed by atoms with Crippen LogP contribution in [0.4, 0.5) is 0 Å². The van der Waals surface area contributed by atoms with Gasteiger partial charge in [-0.25, -0.2) is 0 Å². The molecule has 10 nitrogen and oxygen atoms in total. The Labute approximate surface area is 181 Å². The van der Waals surface area contributed by atoms with E-state index in [1.807, 2.05) is 0 Å². The SMILES string of the molecule is COc1ccc(Oc2coc3cc(O[C@H]4O[C@H](CO)[C@@H](O)[C@@H](O)[C@@H]4O)ccc3c2=O)cc1.